The number of nitrogens with zero attached hydrogens (tertiary/aromatic N) is 1. The van der Waals surface area contributed by atoms with Gasteiger partial charge in [0.2, 0.25) is 0 Å². The average Bonchev–Trinajstić information content (AvgIpc) is 2.90. The highest BCUT2D eigenvalue weighted by Crippen LogP contribution is 2.37. The van der Waals surface area contributed by atoms with Crippen LogP contribution in [0, 0.1) is 15.9 Å². The highest BCUT2D eigenvalue weighted by molar-refractivity contribution is 7.21. The predicted molar refractivity (Wildman–Crippen MR) is 94.4 cm³/mol. The molecule has 2 aromatic carbocycles. The lowest BCUT2D eigenvalue weighted by atomic mass is 10.2. The SMILES string of the molecule is COc1ccc([N+](=O)[O-])cc1NC(=O)c1sc2cc(F)ccc2c1Cl. The lowest BCUT2D eigenvalue weighted by molar-refractivity contribution is -0.384. The number of nitro benzene ring substituents is 1. The maximum absolute atomic E-state index is 13.3. The van der Waals surface area contributed by atoms with E-state index < -0.39 is 16.6 Å². The fraction of sp³-hybridized carbons (Fsp3) is 0.0625. The molecule has 0 atom stereocenters. The van der Waals surface area contributed by atoms with Gasteiger partial charge in [-0.15, -0.1) is 11.3 Å². The number of methoxy groups -OCH3 is 1. The summed E-state index contributed by atoms with van der Waals surface area (Å²) >= 11 is 7.24. The Morgan fingerprint density at radius 3 is 2.76 bits per heavy atom. The van der Waals surface area contributed by atoms with Gasteiger partial charge in [0, 0.05) is 22.2 Å². The molecule has 1 aromatic heterocycles. The fourth-order valence-electron chi connectivity index (χ4n) is 2.27. The van der Waals surface area contributed by atoms with Crippen molar-refractivity contribution in [1.29, 1.82) is 0 Å². The Hall–Kier alpha value is -2.71. The molecule has 9 heteroatoms. The smallest absolute Gasteiger partial charge is 0.271 e. The summed E-state index contributed by atoms with van der Waals surface area (Å²) in [6.45, 7) is 0. The molecule has 6 nitrogen and oxygen atoms in total. The van der Waals surface area contributed by atoms with Gasteiger partial charge in [0.1, 0.15) is 16.4 Å². The van der Waals surface area contributed by atoms with Crippen LogP contribution < -0.4 is 10.1 Å². The number of nitro groups is 1. The van der Waals surface area contributed by atoms with Gasteiger partial charge in [-0.3, -0.25) is 14.9 Å². The monoisotopic (exact) mass is 380 g/mol. The number of hydrogen-bond acceptors (Lipinski definition) is 5. The van der Waals surface area contributed by atoms with Gasteiger partial charge >= 0.3 is 0 Å². The molecule has 128 valence electrons. The number of carbonyl (C=O) groups excluding carboxylic acids is 1. The van der Waals surface area contributed by atoms with Crippen molar-refractivity contribution in [3.05, 3.63) is 62.2 Å². The van der Waals surface area contributed by atoms with E-state index >= 15 is 0 Å². The highest BCUT2D eigenvalue weighted by atomic mass is 35.5. The first-order chi connectivity index (χ1) is 11.9. The number of ether oxygens (including phenoxy) is 1. The number of benzene rings is 2. The van der Waals surface area contributed by atoms with Gasteiger partial charge in [0.05, 0.1) is 22.7 Å². The molecule has 0 saturated heterocycles. The number of rotatable bonds is 4. The quantitative estimate of drug-likeness (QED) is 0.517. The minimum atomic E-state index is -0.579. The summed E-state index contributed by atoms with van der Waals surface area (Å²) in [5, 5.41) is 14.2. The number of carbonyl (C=O) groups is 1. The zero-order valence-corrected chi connectivity index (χ0v) is 14.3. The van der Waals surface area contributed by atoms with Crippen LogP contribution in [0.3, 0.4) is 0 Å². The molecular weight excluding hydrogens is 371 g/mol. The predicted octanol–water partition coefficient (Wildman–Crippen LogP) is 4.86. The largest absolute Gasteiger partial charge is 0.495 e. The molecule has 0 aliphatic rings. The van der Waals surface area contributed by atoms with Crippen LogP contribution in [0.15, 0.2) is 36.4 Å². The molecule has 1 N–H and O–H groups in total. The molecule has 3 rings (SSSR count). The van der Waals surface area contributed by atoms with Crippen molar-refractivity contribution >= 4 is 50.3 Å². The van der Waals surface area contributed by atoms with E-state index in [0.717, 1.165) is 11.3 Å². The number of thiophene rings is 1. The molecule has 0 bridgehead atoms. The molecule has 0 aliphatic carbocycles. The van der Waals surface area contributed by atoms with Gasteiger partial charge in [-0.2, -0.15) is 0 Å². The molecule has 1 heterocycles. The van der Waals surface area contributed by atoms with Crippen LogP contribution in [-0.4, -0.2) is 17.9 Å². The molecule has 0 saturated carbocycles. The third-order valence-corrected chi connectivity index (χ3v) is 5.10. The minimum absolute atomic E-state index is 0.140. The van der Waals surface area contributed by atoms with E-state index in [1.54, 1.807) is 0 Å². The summed E-state index contributed by atoms with van der Waals surface area (Å²) in [5.41, 5.74) is -0.0537. The van der Waals surface area contributed by atoms with Gasteiger partial charge in [-0.1, -0.05) is 11.6 Å². The van der Waals surface area contributed by atoms with Crippen LogP contribution in [0.25, 0.3) is 10.1 Å². The fourth-order valence-corrected chi connectivity index (χ4v) is 3.71. The van der Waals surface area contributed by atoms with Crippen LogP contribution in [0.2, 0.25) is 5.02 Å². The number of anilines is 1. The second-order valence-corrected chi connectivity index (χ2v) is 6.41. The van der Waals surface area contributed by atoms with Crippen LogP contribution in [-0.2, 0) is 0 Å². The number of nitrogens with one attached hydrogen (secondary N) is 1. The van der Waals surface area contributed by atoms with Crippen LogP contribution in [0.5, 0.6) is 5.75 Å². The topological polar surface area (TPSA) is 81.5 Å². The van der Waals surface area contributed by atoms with Crippen molar-refractivity contribution in [2.24, 2.45) is 0 Å². The third-order valence-electron chi connectivity index (χ3n) is 3.44. The summed E-state index contributed by atoms with van der Waals surface area (Å²) in [6.07, 6.45) is 0. The zero-order chi connectivity index (χ0) is 18.1. The van der Waals surface area contributed by atoms with Gasteiger partial charge < -0.3 is 10.1 Å². The summed E-state index contributed by atoms with van der Waals surface area (Å²) in [7, 11) is 1.38. The zero-order valence-electron chi connectivity index (χ0n) is 12.7. The van der Waals surface area contributed by atoms with Crippen molar-refractivity contribution in [3.8, 4) is 5.75 Å². The van der Waals surface area contributed by atoms with Gasteiger partial charge in [0.15, 0.2) is 0 Å². The minimum Gasteiger partial charge on any atom is -0.495 e. The Labute approximate surface area is 149 Å². The molecular formula is C16H10ClFN2O4S. The third kappa shape index (κ3) is 3.26. The Balaban J connectivity index is 1.99. The second kappa shape index (κ2) is 6.66. The van der Waals surface area contributed by atoms with E-state index in [4.69, 9.17) is 16.3 Å². The Morgan fingerprint density at radius 1 is 1.32 bits per heavy atom. The van der Waals surface area contributed by atoms with Crippen LogP contribution in [0.1, 0.15) is 9.67 Å². The lowest BCUT2D eigenvalue weighted by Crippen LogP contribution is -2.11. The van der Waals surface area contributed by atoms with Crippen LogP contribution in [0.4, 0.5) is 15.8 Å². The number of halogens is 2. The molecule has 0 radical (unpaired) electrons. The number of hydrogen-bond donors (Lipinski definition) is 1. The summed E-state index contributed by atoms with van der Waals surface area (Å²) in [4.78, 5) is 23.0. The van der Waals surface area contributed by atoms with E-state index in [-0.39, 0.29) is 27.0 Å². The van der Waals surface area contributed by atoms with Crippen molar-refractivity contribution < 1.29 is 18.8 Å². The van der Waals surface area contributed by atoms with Crippen molar-refractivity contribution in [2.45, 2.75) is 0 Å². The Bertz CT molecular complexity index is 1010. The standard InChI is InChI=1S/C16H10ClFN2O4S/c1-24-12-5-3-9(20(22)23)7-11(12)19-16(21)15-14(17)10-4-2-8(18)6-13(10)25-15/h2-7H,1H3,(H,19,21). The van der Waals surface area contributed by atoms with E-state index in [0.29, 0.717) is 10.1 Å². The normalized spacial score (nSPS) is 10.7. The molecule has 3 aromatic rings. The summed E-state index contributed by atoms with van der Waals surface area (Å²) < 4.78 is 19.0. The van der Waals surface area contributed by atoms with E-state index in [9.17, 15) is 19.3 Å². The van der Waals surface area contributed by atoms with Gasteiger partial charge in [0.25, 0.3) is 11.6 Å². The Kier molecular flexibility index (Phi) is 4.56. The molecule has 0 aliphatic heterocycles. The van der Waals surface area contributed by atoms with E-state index in [1.165, 1.54) is 43.5 Å². The maximum atomic E-state index is 13.3. The first-order valence-corrected chi connectivity index (χ1v) is 8.11. The lowest BCUT2D eigenvalue weighted by Gasteiger charge is -2.09. The second-order valence-electron chi connectivity index (χ2n) is 4.98. The first kappa shape index (κ1) is 17.1. The van der Waals surface area contributed by atoms with Crippen LogP contribution >= 0.6 is 22.9 Å². The molecule has 0 spiro atoms. The summed E-state index contributed by atoms with van der Waals surface area (Å²) in [5.74, 6) is -0.731. The van der Waals surface area contributed by atoms with E-state index in [1.807, 2.05) is 0 Å². The molecule has 0 fully saturated rings. The first-order valence-electron chi connectivity index (χ1n) is 6.92. The molecule has 1 amide bonds. The number of amides is 1. The van der Waals surface area contributed by atoms with E-state index in [2.05, 4.69) is 5.32 Å². The molecule has 25 heavy (non-hydrogen) atoms. The Morgan fingerprint density at radius 2 is 2.08 bits per heavy atom. The van der Waals surface area contributed by atoms with Crippen molar-refractivity contribution in [2.75, 3.05) is 12.4 Å². The maximum Gasteiger partial charge on any atom is 0.271 e. The van der Waals surface area contributed by atoms with Crippen molar-refractivity contribution in [3.63, 3.8) is 0 Å². The number of fused-ring (bicyclic) bond motifs is 1. The van der Waals surface area contributed by atoms with Gasteiger partial charge in [-0.25, -0.2) is 4.39 Å². The van der Waals surface area contributed by atoms with Gasteiger partial charge in [-0.05, 0) is 24.3 Å². The summed E-state index contributed by atoms with van der Waals surface area (Å²) in [6, 6.07) is 7.88. The number of non-ortho nitro benzene ring substituents is 1. The molecule has 0 unspecified atom stereocenters. The average molecular weight is 381 g/mol. The van der Waals surface area contributed by atoms with Crippen molar-refractivity contribution in [1.82, 2.24) is 0 Å². The highest BCUT2D eigenvalue weighted by Gasteiger charge is 2.20.